The SMILES string of the molecule is C=CCN(CC(=O)N(Cc1ccc(F)cc1)Cc1ccc(C)o1)C(=O)C1CCC1. The molecule has 1 heterocycles. The Morgan fingerprint density at radius 3 is 2.41 bits per heavy atom. The average Bonchev–Trinajstić information content (AvgIpc) is 3.06. The number of hydrogen-bond acceptors (Lipinski definition) is 3. The number of nitrogens with zero attached hydrogens (tertiary/aromatic N) is 2. The maximum absolute atomic E-state index is 13.2. The minimum atomic E-state index is -0.323. The van der Waals surface area contributed by atoms with Gasteiger partial charge in [0.05, 0.1) is 6.54 Å². The van der Waals surface area contributed by atoms with Crippen molar-refractivity contribution in [2.24, 2.45) is 5.92 Å². The summed E-state index contributed by atoms with van der Waals surface area (Å²) in [5, 5.41) is 0. The predicted molar refractivity (Wildman–Crippen MR) is 108 cm³/mol. The van der Waals surface area contributed by atoms with Crippen molar-refractivity contribution in [1.82, 2.24) is 9.80 Å². The van der Waals surface area contributed by atoms with Crippen LogP contribution in [0.15, 0.2) is 53.5 Å². The van der Waals surface area contributed by atoms with E-state index in [1.54, 1.807) is 28.0 Å². The van der Waals surface area contributed by atoms with Gasteiger partial charge in [0.1, 0.15) is 23.9 Å². The normalized spacial score (nSPS) is 13.6. The van der Waals surface area contributed by atoms with Crippen LogP contribution in [-0.4, -0.2) is 34.7 Å². The zero-order valence-electron chi connectivity index (χ0n) is 16.8. The van der Waals surface area contributed by atoms with Crippen LogP contribution in [0.1, 0.15) is 36.3 Å². The molecule has 0 unspecified atom stereocenters. The van der Waals surface area contributed by atoms with Crippen LogP contribution in [0, 0.1) is 18.7 Å². The fourth-order valence-electron chi connectivity index (χ4n) is 3.37. The average molecular weight is 398 g/mol. The van der Waals surface area contributed by atoms with Crippen molar-refractivity contribution >= 4 is 11.8 Å². The number of hydrogen-bond donors (Lipinski definition) is 0. The van der Waals surface area contributed by atoms with Gasteiger partial charge in [-0.15, -0.1) is 6.58 Å². The molecule has 0 N–H and O–H groups in total. The molecule has 0 saturated heterocycles. The van der Waals surface area contributed by atoms with Gasteiger partial charge in [-0.05, 0) is 49.6 Å². The molecule has 2 aromatic rings. The highest BCUT2D eigenvalue weighted by Crippen LogP contribution is 2.28. The lowest BCUT2D eigenvalue weighted by molar-refractivity contribution is -0.144. The van der Waals surface area contributed by atoms with E-state index in [4.69, 9.17) is 4.42 Å². The lowest BCUT2D eigenvalue weighted by atomic mass is 9.84. The summed E-state index contributed by atoms with van der Waals surface area (Å²) in [5.41, 5.74) is 0.809. The van der Waals surface area contributed by atoms with E-state index in [1.165, 1.54) is 12.1 Å². The third-order valence-corrected chi connectivity index (χ3v) is 5.22. The first-order valence-electron chi connectivity index (χ1n) is 9.93. The number of rotatable bonds is 9. The molecule has 0 atom stereocenters. The molecule has 1 saturated carbocycles. The largest absolute Gasteiger partial charge is 0.464 e. The minimum Gasteiger partial charge on any atom is -0.464 e. The molecule has 5 nitrogen and oxygen atoms in total. The molecular weight excluding hydrogens is 371 g/mol. The Hall–Kier alpha value is -2.89. The lowest BCUT2D eigenvalue weighted by Gasteiger charge is -2.32. The van der Waals surface area contributed by atoms with Gasteiger partial charge in [-0.1, -0.05) is 24.6 Å². The zero-order valence-corrected chi connectivity index (χ0v) is 16.8. The molecule has 2 amide bonds. The molecule has 1 fully saturated rings. The molecule has 0 radical (unpaired) electrons. The number of halogens is 1. The number of amides is 2. The van der Waals surface area contributed by atoms with Gasteiger partial charge in [-0.25, -0.2) is 4.39 Å². The standard InChI is InChI=1S/C23H27FN2O3/c1-3-13-25(23(28)19-5-4-6-19)16-22(27)26(15-21-12-7-17(2)29-21)14-18-8-10-20(24)11-9-18/h3,7-12,19H,1,4-6,13-16H2,2H3. The van der Waals surface area contributed by atoms with Crippen LogP contribution in [0.3, 0.4) is 0 Å². The second-order valence-corrected chi connectivity index (χ2v) is 7.52. The van der Waals surface area contributed by atoms with Gasteiger partial charge in [0.25, 0.3) is 0 Å². The quantitative estimate of drug-likeness (QED) is 0.599. The van der Waals surface area contributed by atoms with E-state index < -0.39 is 0 Å². The highest BCUT2D eigenvalue weighted by Gasteiger charge is 2.31. The van der Waals surface area contributed by atoms with Crippen molar-refractivity contribution in [1.29, 1.82) is 0 Å². The van der Waals surface area contributed by atoms with E-state index in [-0.39, 0.29) is 36.6 Å². The number of benzene rings is 1. The number of carbonyl (C=O) groups is 2. The Bertz CT molecular complexity index is 855. The summed E-state index contributed by atoms with van der Waals surface area (Å²) in [6.45, 7) is 6.47. The molecule has 6 heteroatoms. The summed E-state index contributed by atoms with van der Waals surface area (Å²) in [6, 6.07) is 9.74. The molecule has 0 bridgehead atoms. The highest BCUT2D eigenvalue weighted by molar-refractivity contribution is 5.86. The third-order valence-electron chi connectivity index (χ3n) is 5.22. The molecule has 0 spiro atoms. The lowest BCUT2D eigenvalue weighted by Crippen LogP contribution is -2.45. The maximum Gasteiger partial charge on any atom is 0.242 e. The van der Waals surface area contributed by atoms with Crippen LogP contribution in [0.25, 0.3) is 0 Å². The molecular formula is C23H27FN2O3. The molecule has 1 aromatic carbocycles. The highest BCUT2D eigenvalue weighted by atomic mass is 19.1. The van der Waals surface area contributed by atoms with Gasteiger partial charge in [0.15, 0.2) is 0 Å². The monoisotopic (exact) mass is 398 g/mol. The molecule has 1 aromatic heterocycles. The summed E-state index contributed by atoms with van der Waals surface area (Å²) in [4.78, 5) is 29.0. The van der Waals surface area contributed by atoms with Crippen LogP contribution < -0.4 is 0 Å². The van der Waals surface area contributed by atoms with E-state index in [2.05, 4.69) is 6.58 Å². The van der Waals surface area contributed by atoms with E-state index >= 15 is 0 Å². The Morgan fingerprint density at radius 1 is 1.14 bits per heavy atom. The van der Waals surface area contributed by atoms with Crippen LogP contribution >= 0.6 is 0 Å². The van der Waals surface area contributed by atoms with E-state index in [9.17, 15) is 14.0 Å². The number of aryl methyl sites for hydroxylation is 1. The van der Waals surface area contributed by atoms with Crippen LogP contribution in [0.2, 0.25) is 0 Å². The fourth-order valence-corrected chi connectivity index (χ4v) is 3.37. The van der Waals surface area contributed by atoms with Gasteiger partial charge >= 0.3 is 0 Å². The van der Waals surface area contributed by atoms with Crippen LogP contribution in [-0.2, 0) is 22.7 Å². The summed E-state index contributed by atoms with van der Waals surface area (Å²) >= 11 is 0. The van der Waals surface area contributed by atoms with Gasteiger partial charge in [0, 0.05) is 19.0 Å². The van der Waals surface area contributed by atoms with Gasteiger partial charge < -0.3 is 14.2 Å². The van der Waals surface area contributed by atoms with Crippen molar-refractivity contribution in [2.75, 3.05) is 13.1 Å². The summed E-state index contributed by atoms with van der Waals surface area (Å²) in [7, 11) is 0. The van der Waals surface area contributed by atoms with Gasteiger partial charge in [0.2, 0.25) is 11.8 Å². The first kappa shape index (κ1) is 20.8. The Morgan fingerprint density at radius 2 is 1.86 bits per heavy atom. The fraction of sp³-hybridized carbons (Fsp3) is 0.391. The maximum atomic E-state index is 13.2. The van der Waals surface area contributed by atoms with Crippen LogP contribution in [0.4, 0.5) is 4.39 Å². The van der Waals surface area contributed by atoms with E-state index in [0.29, 0.717) is 18.8 Å². The van der Waals surface area contributed by atoms with E-state index in [0.717, 1.165) is 30.6 Å². The summed E-state index contributed by atoms with van der Waals surface area (Å²) < 4.78 is 18.9. The van der Waals surface area contributed by atoms with Crippen molar-refractivity contribution in [3.63, 3.8) is 0 Å². The third kappa shape index (κ3) is 5.56. The smallest absolute Gasteiger partial charge is 0.242 e. The molecule has 29 heavy (non-hydrogen) atoms. The first-order chi connectivity index (χ1) is 14.0. The topological polar surface area (TPSA) is 53.8 Å². The van der Waals surface area contributed by atoms with Crippen LogP contribution in [0.5, 0.6) is 0 Å². The Balaban J connectivity index is 1.74. The Labute approximate surface area is 170 Å². The molecule has 1 aliphatic rings. The van der Waals surface area contributed by atoms with Crippen molar-refractivity contribution in [2.45, 2.75) is 39.3 Å². The molecule has 1 aliphatic carbocycles. The molecule has 0 aliphatic heterocycles. The molecule has 3 rings (SSSR count). The van der Waals surface area contributed by atoms with Crippen molar-refractivity contribution < 1.29 is 18.4 Å². The summed E-state index contributed by atoms with van der Waals surface area (Å²) in [5.74, 6) is 0.955. The number of furan rings is 1. The first-order valence-corrected chi connectivity index (χ1v) is 9.93. The van der Waals surface area contributed by atoms with Gasteiger partial charge in [-0.3, -0.25) is 9.59 Å². The Kier molecular flexibility index (Phi) is 6.86. The summed E-state index contributed by atoms with van der Waals surface area (Å²) in [6.07, 6.45) is 4.46. The zero-order chi connectivity index (χ0) is 20.8. The van der Waals surface area contributed by atoms with Crippen molar-refractivity contribution in [3.8, 4) is 0 Å². The van der Waals surface area contributed by atoms with E-state index in [1.807, 2.05) is 19.1 Å². The molecule has 154 valence electrons. The second kappa shape index (κ2) is 9.54. The van der Waals surface area contributed by atoms with Gasteiger partial charge in [-0.2, -0.15) is 0 Å². The predicted octanol–water partition coefficient (Wildman–Crippen LogP) is 4.07. The minimum absolute atomic E-state index is 0.0117. The van der Waals surface area contributed by atoms with Crippen molar-refractivity contribution in [3.05, 3.63) is 72.0 Å². The number of carbonyl (C=O) groups excluding carboxylic acids is 2. The second-order valence-electron chi connectivity index (χ2n) is 7.52.